The molecule has 2 atom stereocenters. The molecular formula is C57H105NO7. The second-order valence-corrected chi connectivity index (χ2v) is 19.8. The van der Waals surface area contributed by atoms with Gasteiger partial charge in [0.05, 0.1) is 40.3 Å². The van der Waals surface area contributed by atoms with Crippen molar-refractivity contribution in [3.63, 3.8) is 0 Å². The zero-order chi connectivity index (χ0) is 47.7. The van der Waals surface area contributed by atoms with Crippen LogP contribution in [0.25, 0.3) is 0 Å². The molecule has 0 rings (SSSR count). The minimum atomic E-state index is -1.12. The largest absolute Gasteiger partial charge is 0.544 e. The van der Waals surface area contributed by atoms with Gasteiger partial charge in [0.25, 0.3) is 0 Å². The van der Waals surface area contributed by atoms with Crippen molar-refractivity contribution in [1.82, 2.24) is 0 Å². The summed E-state index contributed by atoms with van der Waals surface area (Å²) in [5.41, 5.74) is 0. The third kappa shape index (κ3) is 46.4. The van der Waals surface area contributed by atoms with E-state index in [1.54, 1.807) is 21.1 Å². The minimum Gasteiger partial charge on any atom is -0.544 e. The van der Waals surface area contributed by atoms with E-state index in [0.717, 1.165) is 51.4 Å². The van der Waals surface area contributed by atoms with Crippen LogP contribution in [0.4, 0.5) is 0 Å². The Labute approximate surface area is 402 Å². The van der Waals surface area contributed by atoms with Crippen LogP contribution in [0, 0.1) is 0 Å². The van der Waals surface area contributed by atoms with Gasteiger partial charge in [-0.3, -0.25) is 9.59 Å². The highest BCUT2D eigenvalue weighted by atomic mass is 16.6. The third-order valence-corrected chi connectivity index (χ3v) is 12.5. The first-order valence-electron chi connectivity index (χ1n) is 27.5. The van der Waals surface area contributed by atoms with Crippen LogP contribution < -0.4 is 5.11 Å². The second-order valence-electron chi connectivity index (χ2n) is 19.8. The summed E-state index contributed by atoms with van der Waals surface area (Å²) in [7, 11) is 5.42. The minimum absolute atomic E-state index is 0.0382. The number of nitrogens with zero attached hydrogens (tertiary/aromatic N) is 1. The van der Waals surface area contributed by atoms with Crippen LogP contribution in [-0.2, 0) is 28.6 Å². The third-order valence-electron chi connectivity index (χ3n) is 12.5. The van der Waals surface area contributed by atoms with E-state index < -0.39 is 18.1 Å². The first-order chi connectivity index (χ1) is 31.6. The van der Waals surface area contributed by atoms with Crippen LogP contribution in [0.1, 0.15) is 258 Å². The van der Waals surface area contributed by atoms with E-state index in [2.05, 4.69) is 50.3 Å². The smallest absolute Gasteiger partial charge is 0.306 e. The molecule has 0 saturated carbocycles. The van der Waals surface area contributed by atoms with Crippen LogP contribution >= 0.6 is 0 Å². The van der Waals surface area contributed by atoms with E-state index in [1.807, 2.05) is 0 Å². The molecule has 0 aromatic rings. The van der Waals surface area contributed by atoms with Gasteiger partial charge in [0.2, 0.25) is 0 Å². The summed E-state index contributed by atoms with van der Waals surface area (Å²) in [5, 5.41) is 11.7. The fourth-order valence-electron chi connectivity index (χ4n) is 8.22. The average molecular weight is 916 g/mol. The van der Waals surface area contributed by atoms with Gasteiger partial charge in [0.1, 0.15) is 12.6 Å². The number of ether oxygens (including phenoxy) is 3. The summed E-state index contributed by atoms with van der Waals surface area (Å²) < 4.78 is 17.3. The topological polar surface area (TPSA) is 102 Å². The molecule has 0 fully saturated rings. The van der Waals surface area contributed by atoms with E-state index in [0.29, 0.717) is 12.8 Å². The Hall–Kier alpha value is -2.45. The highest BCUT2D eigenvalue weighted by Crippen LogP contribution is 2.15. The second kappa shape index (κ2) is 48.0. The Kier molecular flexibility index (Phi) is 46.2. The van der Waals surface area contributed by atoms with E-state index in [1.165, 1.54) is 173 Å². The number of carboxylic acid groups (broad SMARTS) is 1. The van der Waals surface area contributed by atoms with Crippen molar-refractivity contribution < 1.29 is 38.2 Å². The first kappa shape index (κ1) is 62.5. The number of rotatable bonds is 50. The molecule has 0 saturated heterocycles. The number of carbonyl (C=O) groups is 3. The lowest BCUT2D eigenvalue weighted by Gasteiger charge is -2.34. The number of aliphatic carboxylic acids is 1. The fourth-order valence-corrected chi connectivity index (χ4v) is 8.22. The van der Waals surface area contributed by atoms with Gasteiger partial charge in [-0.25, -0.2) is 0 Å². The van der Waals surface area contributed by atoms with Crippen molar-refractivity contribution in [1.29, 1.82) is 0 Å². The number of hydrogen-bond donors (Lipinski definition) is 0. The molecule has 65 heavy (non-hydrogen) atoms. The normalized spacial score (nSPS) is 13.1. The predicted octanol–water partition coefficient (Wildman–Crippen LogP) is 14.8. The van der Waals surface area contributed by atoms with E-state index in [9.17, 15) is 19.5 Å². The molecule has 0 N–H and O–H groups in total. The molecule has 0 bridgehead atoms. The lowest BCUT2D eigenvalue weighted by Crippen LogP contribution is -2.55. The maximum absolute atomic E-state index is 12.8. The zero-order valence-electron chi connectivity index (χ0n) is 43.4. The Bertz CT molecular complexity index is 1160. The van der Waals surface area contributed by atoms with Gasteiger partial charge in [0.15, 0.2) is 6.10 Å². The van der Waals surface area contributed by atoms with Crippen molar-refractivity contribution in [2.45, 2.75) is 270 Å². The lowest BCUT2D eigenvalue weighted by atomic mass is 10.1. The highest BCUT2D eigenvalue weighted by molar-refractivity contribution is 5.70. The standard InChI is InChI=1S/C57H105NO7/c1-6-8-10-12-14-16-18-20-22-24-26-27-28-30-31-33-35-37-39-41-43-45-47-55(59)64-52-53(51-63-50-49-54(57(61)62)58(3,4)5)65-56(60)48-46-44-42-40-38-36-34-32-29-25-23-21-19-17-15-13-11-9-7-2/h24-26,28-30,53-54H,6-23,27,31-52H2,1-5H3/b26-24+,29-25+,30-28+. The van der Waals surface area contributed by atoms with Crippen molar-refractivity contribution in [3.05, 3.63) is 36.5 Å². The summed E-state index contributed by atoms with van der Waals surface area (Å²) in [6.07, 6.45) is 57.5. The number of likely N-dealkylation sites (N-methyl/N-ethyl adjacent to an activating group) is 1. The Balaban J connectivity index is 4.21. The van der Waals surface area contributed by atoms with Crippen molar-refractivity contribution in [2.24, 2.45) is 0 Å². The summed E-state index contributed by atoms with van der Waals surface area (Å²) in [5.74, 6) is -1.74. The molecule has 2 unspecified atom stereocenters. The van der Waals surface area contributed by atoms with Crippen LogP contribution in [0.5, 0.6) is 0 Å². The average Bonchev–Trinajstić information content (AvgIpc) is 3.27. The van der Waals surface area contributed by atoms with Gasteiger partial charge in [-0.15, -0.1) is 0 Å². The van der Waals surface area contributed by atoms with Gasteiger partial charge in [-0.2, -0.15) is 0 Å². The Morgan fingerprint density at radius 3 is 1.20 bits per heavy atom. The maximum Gasteiger partial charge on any atom is 0.306 e. The van der Waals surface area contributed by atoms with E-state index >= 15 is 0 Å². The van der Waals surface area contributed by atoms with Crippen molar-refractivity contribution in [3.8, 4) is 0 Å². The number of carbonyl (C=O) groups excluding carboxylic acids is 3. The molecule has 8 heteroatoms. The van der Waals surface area contributed by atoms with E-state index in [-0.39, 0.29) is 42.7 Å². The van der Waals surface area contributed by atoms with Crippen LogP contribution in [-0.4, -0.2) is 75.5 Å². The molecule has 0 aromatic heterocycles. The number of carboxylic acids is 1. The highest BCUT2D eigenvalue weighted by Gasteiger charge is 2.25. The van der Waals surface area contributed by atoms with Crippen LogP contribution in [0.15, 0.2) is 36.5 Å². The molecular weight excluding hydrogens is 811 g/mol. The molecule has 0 spiro atoms. The SMILES string of the molecule is CCCCCCCCCC/C=C/C/C=C/CCCCCCCCCC(=O)OCC(COCCC(C(=O)[O-])[N+](C)(C)C)OC(=O)CCCCCCCCC/C=C/CCCCCCCCCC. The number of esters is 2. The van der Waals surface area contributed by atoms with Gasteiger partial charge in [-0.1, -0.05) is 204 Å². The molecule has 0 aromatic carbocycles. The number of hydrogen-bond acceptors (Lipinski definition) is 7. The quantitative estimate of drug-likeness (QED) is 0.0259. The lowest BCUT2D eigenvalue weighted by molar-refractivity contribution is -0.889. The summed E-state index contributed by atoms with van der Waals surface area (Å²) >= 11 is 0. The van der Waals surface area contributed by atoms with E-state index in [4.69, 9.17) is 14.2 Å². The summed E-state index contributed by atoms with van der Waals surface area (Å²) in [6, 6.07) is -0.728. The number of quaternary nitrogens is 1. The van der Waals surface area contributed by atoms with Gasteiger partial charge in [0, 0.05) is 19.3 Å². The van der Waals surface area contributed by atoms with Crippen LogP contribution in [0.3, 0.4) is 0 Å². The monoisotopic (exact) mass is 916 g/mol. The molecule has 0 radical (unpaired) electrons. The molecule has 8 nitrogen and oxygen atoms in total. The first-order valence-corrected chi connectivity index (χ1v) is 27.5. The van der Waals surface area contributed by atoms with Crippen molar-refractivity contribution >= 4 is 17.9 Å². The predicted molar refractivity (Wildman–Crippen MR) is 273 cm³/mol. The molecule has 0 aliphatic heterocycles. The molecule has 0 aliphatic carbocycles. The van der Waals surface area contributed by atoms with Gasteiger partial charge in [-0.05, 0) is 70.6 Å². The van der Waals surface area contributed by atoms with Gasteiger partial charge >= 0.3 is 11.9 Å². The molecule has 0 amide bonds. The molecule has 0 aliphatic rings. The zero-order valence-corrected chi connectivity index (χ0v) is 43.4. The maximum atomic E-state index is 12.8. The number of unbranched alkanes of at least 4 members (excludes halogenated alkanes) is 30. The summed E-state index contributed by atoms with van der Waals surface area (Å²) in [4.78, 5) is 37.1. The molecule has 380 valence electrons. The van der Waals surface area contributed by atoms with Crippen molar-refractivity contribution in [2.75, 3.05) is 41.0 Å². The Morgan fingerprint density at radius 2 is 0.815 bits per heavy atom. The Morgan fingerprint density at radius 1 is 0.462 bits per heavy atom. The number of allylic oxidation sites excluding steroid dienone is 6. The van der Waals surface area contributed by atoms with Gasteiger partial charge < -0.3 is 28.6 Å². The fraction of sp³-hybridized carbons (Fsp3) is 0.842. The molecule has 0 heterocycles. The summed E-state index contributed by atoms with van der Waals surface area (Å²) in [6.45, 7) is 4.68. The van der Waals surface area contributed by atoms with Crippen LogP contribution in [0.2, 0.25) is 0 Å².